The van der Waals surface area contributed by atoms with Gasteiger partial charge in [-0.15, -0.1) is 0 Å². The first kappa shape index (κ1) is 72.1. The maximum absolute atomic E-state index is 14.5. The molecule has 1 saturated heterocycles. The minimum atomic E-state index is -1.53. The number of hydrogen-bond donors (Lipinski definition) is 4. The molecule has 1 aromatic carbocycles. The molecule has 22 nitrogen and oxygen atoms in total. The second-order valence-electron chi connectivity index (χ2n) is 24.6. The smallest absolute Gasteiger partial charge is 0.248 e. The van der Waals surface area contributed by atoms with Crippen LogP contribution in [0.4, 0.5) is 0 Å². The van der Waals surface area contributed by atoms with E-state index in [0.717, 1.165) is 10.5 Å². The van der Waals surface area contributed by atoms with Gasteiger partial charge in [0, 0.05) is 74.1 Å². The molecule has 1 aliphatic rings. The van der Waals surface area contributed by atoms with Gasteiger partial charge in [-0.1, -0.05) is 78.3 Å². The van der Waals surface area contributed by atoms with Gasteiger partial charge in [-0.05, 0) is 98.1 Å². The summed E-state index contributed by atoms with van der Waals surface area (Å²) in [6.07, 6.45) is -0.894. The zero-order valence-electron chi connectivity index (χ0n) is 53.0. The number of benzene rings is 1. The van der Waals surface area contributed by atoms with Crippen LogP contribution in [0.1, 0.15) is 134 Å². The van der Waals surface area contributed by atoms with Gasteiger partial charge >= 0.3 is 0 Å². The number of aliphatic hydroxyl groups is 1. The Morgan fingerprint density at radius 2 is 1.17 bits per heavy atom. The highest BCUT2D eigenvalue weighted by molar-refractivity contribution is 5.96. The molecule has 11 atom stereocenters. The van der Waals surface area contributed by atoms with Gasteiger partial charge in [0.15, 0.2) is 5.78 Å². The Labute approximate surface area is 489 Å². The highest BCUT2D eigenvalue weighted by Crippen LogP contribution is 2.23. The first-order valence-electron chi connectivity index (χ1n) is 29.0. The second kappa shape index (κ2) is 32.7. The Bertz CT molecular complexity index is 2330. The maximum atomic E-state index is 14.5. The van der Waals surface area contributed by atoms with Gasteiger partial charge in [0.2, 0.25) is 53.2 Å². The molecule has 2 rings (SSSR count). The molecule has 82 heavy (non-hydrogen) atoms. The van der Waals surface area contributed by atoms with E-state index in [1.807, 2.05) is 92.6 Å². The third-order valence-corrected chi connectivity index (χ3v) is 15.6. The summed E-state index contributed by atoms with van der Waals surface area (Å²) < 4.78 is 6.08. The molecule has 464 valence electrons. The molecule has 22 heteroatoms. The number of carbonyl (C=O) groups is 10. The predicted molar refractivity (Wildman–Crippen MR) is 314 cm³/mol. The topological polar surface area (TPSA) is 259 Å². The van der Waals surface area contributed by atoms with Crippen molar-refractivity contribution in [3.05, 3.63) is 35.9 Å². The molecule has 0 bridgehead atoms. The molecule has 1 aromatic rings. The van der Waals surface area contributed by atoms with Crippen molar-refractivity contribution in [1.29, 1.82) is 0 Å². The van der Waals surface area contributed by atoms with Gasteiger partial charge in [0.1, 0.15) is 36.3 Å². The first-order valence-corrected chi connectivity index (χ1v) is 29.0. The quantitative estimate of drug-likeness (QED) is 0.249. The lowest BCUT2D eigenvalue weighted by atomic mass is 9.94. The van der Waals surface area contributed by atoms with Crippen molar-refractivity contribution in [2.24, 2.45) is 17.8 Å². The van der Waals surface area contributed by atoms with Gasteiger partial charge in [-0.2, -0.15) is 0 Å². The molecule has 1 fully saturated rings. The Balaban J connectivity index is 2.77. The van der Waals surface area contributed by atoms with Gasteiger partial charge < -0.3 is 55.2 Å². The number of hydrogen-bond acceptors (Lipinski definition) is 13. The van der Waals surface area contributed by atoms with Crippen LogP contribution in [0.3, 0.4) is 0 Å². The van der Waals surface area contributed by atoms with Crippen molar-refractivity contribution >= 4 is 58.9 Å². The minimum Gasteiger partial charge on any atom is -0.391 e. The summed E-state index contributed by atoms with van der Waals surface area (Å²) in [6, 6.07) is -0.559. The summed E-state index contributed by atoms with van der Waals surface area (Å²) in [7, 11) is 10.5. The molecule has 4 N–H and O–H groups in total. The van der Waals surface area contributed by atoms with Crippen LogP contribution in [-0.2, 0) is 59.1 Å². The first-order chi connectivity index (χ1) is 37.9. The highest BCUT2D eigenvalue weighted by atomic mass is 16.5. The van der Waals surface area contributed by atoms with Crippen molar-refractivity contribution in [1.82, 2.24) is 50.2 Å². The maximum Gasteiger partial charge on any atom is 0.248 e. The van der Waals surface area contributed by atoms with Gasteiger partial charge in [0.25, 0.3) is 0 Å². The van der Waals surface area contributed by atoms with E-state index in [-0.39, 0.29) is 75.3 Å². The van der Waals surface area contributed by atoms with Crippen LogP contribution in [0.2, 0.25) is 0 Å². The van der Waals surface area contributed by atoms with E-state index in [4.69, 9.17) is 4.74 Å². The van der Waals surface area contributed by atoms with Crippen LogP contribution < -0.4 is 16.0 Å². The van der Waals surface area contributed by atoms with E-state index in [2.05, 4.69) is 16.0 Å². The van der Waals surface area contributed by atoms with E-state index < -0.39 is 119 Å². The lowest BCUT2D eigenvalue weighted by molar-refractivity contribution is -0.150. The molecule has 0 unspecified atom stereocenters. The molecule has 1 aliphatic heterocycles. The monoisotopic (exact) mass is 1150 g/mol. The van der Waals surface area contributed by atoms with Crippen molar-refractivity contribution in [3.8, 4) is 0 Å². The van der Waals surface area contributed by atoms with Crippen LogP contribution in [0, 0.1) is 17.8 Å². The molecular weight excluding hydrogens is 1050 g/mol. The molecule has 0 aromatic heterocycles. The van der Waals surface area contributed by atoms with E-state index >= 15 is 0 Å². The van der Waals surface area contributed by atoms with Gasteiger partial charge in [-0.3, -0.25) is 52.8 Å². The molecular formula is C60H102N10O12. The van der Waals surface area contributed by atoms with E-state index in [0.29, 0.717) is 12.8 Å². The average Bonchev–Trinajstić information content (AvgIpc) is 3.56. The summed E-state index contributed by atoms with van der Waals surface area (Å²) in [6.45, 7) is 22.4. The Kier molecular flexibility index (Phi) is 28.8. The summed E-state index contributed by atoms with van der Waals surface area (Å²) >= 11 is 0. The molecule has 0 saturated carbocycles. The molecule has 1 heterocycles. The number of likely N-dealkylation sites (N-methyl/N-ethyl adjacent to an activating group) is 7. The van der Waals surface area contributed by atoms with Crippen LogP contribution in [0.5, 0.6) is 0 Å². The number of nitrogens with one attached hydrogen (secondary N) is 3. The van der Waals surface area contributed by atoms with Crippen LogP contribution in [0.15, 0.2) is 30.3 Å². The number of aliphatic hydroxyl groups excluding tert-OH is 1. The number of carbonyl (C=O) groups excluding carboxylic acids is 10. The predicted octanol–water partition coefficient (Wildman–Crippen LogP) is 2.72. The van der Waals surface area contributed by atoms with Crippen LogP contribution >= 0.6 is 0 Å². The SMILES string of the molecule is CC[C@H](C)[C@H]1C(=O)N[C@@H](COC(C)(C)C)CC(=O)N[C@@H](C)C(=O)N(C)[C@@H](C)C(=O)N(C)[C@@H](Cc2ccccc2)C(=O)CN(C)CCC(=O)N(C)[C@@H](CC(C)C)C(=O)N[C@@H]([C@@H](C)O)C(=O)N(C)[C@@H](C)C(=O)N(C)[C@@H](CC(C)C)CC(=O)N1C. The largest absolute Gasteiger partial charge is 0.391 e. The molecule has 0 aliphatic carbocycles. The summed E-state index contributed by atoms with van der Waals surface area (Å²) in [4.78, 5) is 152. The third kappa shape index (κ3) is 21.6. The lowest BCUT2D eigenvalue weighted by Crippen LogP contribution is -2.60. The number of Topliss-reactive ketones (excluding diaryl/α,β-unsaturated/α-hetero) is 1. The number of ketones is 1. The van der Waals surface area contributed by atoms with Crippen LogP contribution in [-0.4, -0.2) is 233 Å². The molecule has 0 spiro atoms. The third-order valence-electron chi connectivity index (χ3n) is 15.6. The number of rotatable bonds is 11. The van der Waals surface area contributed by atoms with Crippen LogP contribution in [0.25, 0.3) is 0 Å². The normalized spacial score (nSPS) is 26.7. The van der Waals surface area contributed by atoms with Gasteiger partial charge in [-0.25, -0.2) is 0 Å². The Morgan fingerprint density at radius 3 is 1.70 bits per heavy atom. The fourth-order valence-corrected chi connectivity index (χ4v) is 9.91. The Hall–Kier alpha value is -6.00. The number of nitrogens with zero attached hydrogens (tertiary/aromatic N) is 7. The van der Waals surface area contributed by atoms with Crippen molar-refractivity contribution in [2.75, 3.05) is 69.0 Å². The zero-order valence-corrected chi connectivity index (χ0v) is 53.0. The van der Waals surface area contributed by atoms with E-state index in [9.17, 15) is 53.1 Å². The van der Waals surface area contributed by atoms with Crippen molar-refractivity contribution < 1.29 is 57.8 Å². The number of amides is 9. The summed E-state index contributed by atoms with van der Waals surface area (Å²) in [5, 5.41) is 19.4. The fraction of sp³-hybridized carbons (Fsp3) is 0.733. The molecule has 9 amide bonds. The summed E-state index contributed by atoms with van der Waals surface area (Å²) in [5.74, 6) is -6.04. The second-order valence-corrected chi connectivity index (χ2v) is 24.6. The van der Waals surface area contributed by atoms with E-state index in [1.165, 1.54) is 94.5 Å². The van der Waals surface area contributed by atoms with E-state index in [1.54, 1.807) is 11.9 Å². The molecule has 0 radical (unpaired) electrons. The van der Waals surface area contributed by atoms with Gasteiger partial charge in [0.05, 0.1) is 36.9 Å². The Morgan fingerprint density at radius 1 is 0.622 bits per heavy atom. The highest BCUT2D eigenvalue weighted by Gasteiger charge is 2.40. The zero-order chi connectivity index (χ0) is 62.8. The fourth-order valence-electron chi connectivity index (χ4n) is 9.91. The van der Waals surface area contributed by atoms with Crippen molar-refractivity contribution in [2.45, 2.75) is 201 Å². The standard InChI is InChI=1S/C60H102N10O12/c1-21-38(6)53-55(77)62-44(35-82-60(11,12)13)32-49(73)61-39(7)56(78)65(15)41(9)58(80)69(19)46(31-43-25-23-22-24-26-43)48(72)34-64(14)28-27-50(74)68(18)47(30-37(4)5)54(76)63-52(42(10)71)59(81)66(16)40(8)57(79)67(17)45(29-36(2)3)33-51(75)70(53)20/h22-26,36-42,44-47,52-53,71H,21,27-35H2,1-20H3,(H,61,73)(H,62,77)(H,63,76)/t38-,39-,40-,41-,42+,44+,45-,46-,47-,52-,53-/m0/s1. The average molecular weight is 1160 g/mol. The van der Waals surface area contributed by atoms with Crippen molar-refractivity contribution in [3.63, 3.8) is 0 Å². The number of ether oxygens (including phenoxy) is 1. The minimum absolute atomic E-state index is 0.00471. The summed E-state index contributed by atoms with van der Waals surface area (Å²) in [5.41, 5.74) is 0.0858. The lowest BCUT2D eigenvalue weighted by Gasteiger charge is -2.38.